The van der Waals surface area contributed by atoms with Crippen molar-refractivity contribution in [2.24, 2.45) is 0 Å². The first-order valence-electron chi connectivity index (χ1n) is 4.90. The maximum Gasteiger partial charge on any atom is 0.0220 e. The Morgan fingerprint density at radius 1 is 1.46 bits per heavy atom. The van der Waals surface area contributed by atoms with Crippen molar-refractivity contribution >= 4 is 11.3 Å². The van der Waals surface area contributed by atoms with E-state index in [-0.39, 0.29) is 0 Å². The Kier molecular flexibility index (Phi) is 2.20. The number of nitrogens with one attached hydrogen (secondary N) is 1. The van der Waals surface area contributed by atoms with Crippen molar-refractivity contribution in [1.82, 2.24) is 5.32 Å². The number of rotatable bonds is 3. The van der Waals surface area contributed by atoms with Gasteiger partial charge in [-0.15, -0.1) is 11.3 Å². The Bertz CT molecular complexity index is 310. The third kappa shape index (κ3) is 1.79. The molecule has 0 radical (unpaired) electrons. The lowest BCUT2D eigenvalue weighted by molar-refractivity contribution is 0.548. The number of likely N-dealkylation sites (N-methyl/N-ethyl adjacent to an activating group) is 1. The van der Waals surface area contributed by atoms with Crippen LogP contribution in [0.25, 0.3) is 0 Å². The number of thiophene rings is 1. The molecule has 1 aliphatic carbocycles. The normalized spacial score (nSPS) is 19.0. The average molecular weight is 195 g/mol. The lowest BCUT2D eigenvalue weighted by atomic mass is 10.1. The van der Waals surface area contributed by atoms with Crippen LogP contribution in [0.2, 0.25) is 0 Å². The van der Waals surface area contributed by atoms with Crippen LogP contribution in [0, 0.1) is 13.8 Å². The van der Waals surface area contributed by atoms with E-state index in [1.807, 2.05) is 11.3 Å². The predicted molar refractivity (Wildman–Crippen MR) is 58.5 cm³/mol. The molecular weight excluding hydrogens is 178 g/mol. The highest BCUT2D eigenvalue weighted by atomic mass is 32.1. The molecule has 1 saturated carbocycles. The van der Waals surface area contributed by atoms with Crippen LogP contribution in [0.3, 0.4) is 0 Å². The van der Waals surface area contributed by atoms with E-state index in [2.05, 4.69) is 32.3 Å². The predicted octanol–water partition coefficient (Wildman–Crippen LogP) is 2.66. The van der Waals surface area contributed by atoms with Crippen molar-refractivity contribution < 1.29 is 0 Å². The minimum atomic E-state index is 0.457. The zero-order chi connectivity index (χ0) is 9.47. The first-order valence-corrected chi connectivity index (χ1v) is 5.72. The van der Waals surface area contributed by atoms with E-state index in [1.54, 1.807) is 5.56 Å². The molecule has 1 aromatic rings. The molecule has 0 aromatic carbocycles. The molecule has 13 heavy (non-hydrogen) atoms. The summed E-state index contributed by atoms with van der Waals surface area (Å²) < 4.78 is 0. The third-order valence-electron chi connectivity index (χ3n) is 3.06. The van der Waals surface area contributed by atoms with E-state index in [0.717, 1.165) is 0 Å². The maximum atomic E-state index is 3.44. The molecule has 1 N–H and O–H groups in total. The molecule has 0 atom stereocenters. The van der Waals surface area contributed by atoms with Crippen LogP contribution >= 0.6 is 11.3 Å². The highest BCUT2D eigenvalue weighted by Crippen LogP contribution is 2.39. The van der Waals surface area contributed by atoms with Crippen molar-refractivity contribution in [3.63, 3.8) is 0 Å². The highest BCUT2D eigenvalue weighted by Gasteiger charge is 2.41. The van der Waals surface area contributed by atoms with Crippen LogP contribution in [-0.2, 0) is 6.42 Å². The van der Waals surface area contributed by atoms with Gasteiger partial charge in [-0.3, -0.25) is 0 Å². The number of hydrogen-bond acceptors (Lipinski definition) is 2. The smallest absolute Gasteiger partial charge is 0.0220 e. The van der Waals surface area contributed by atoms with Gasteiger partial charge in [0.2, 0.25) is 0 Å². The van der Waals surface area contributed by atoms with E-state index in [9.17, 15) is 0 Å². The quantitative estimate of drug-likeness (QED) is 0.782. The van der Waals surface area contributed by atoms with Gasteiger partial charge < -0.3 is 5.32 Å². The minimum absolute atomic E-state index is 0.457. The summed E-state index contributed by atoms with van der Waals surface area (Å²) >= 11 is 1.92. The van der Waals surface area contributed by atoms with Crippen LogP contribution in [0.1, 0.15) is 28.2 Å². The molecule has 0 spiro atoms. The van der Waals surface area contributed by atoms with Crippen molar-refractivity contribution in [3.8, 4) is 0 Å². The molecule has 0 bridgehead atoms. The molecule has 2 heteroatoms. The Labute approximate surface area is 84.2 Å². The van der Waals surface area contributed by atoms with Crippen LogP contribution in [0.15, 0.2) is 6.07 Å². The molecule has 1 heterocycles. The molecule has 1 nitrogen and oxygen atoms in total. The van der Waals surface area contributed by atoms with Crippen molar-refractivity contribution in [3.05, 3.63) is 21.4 Å². The average Bonchev–Trinajstić information content (AvgIpc) is 2.77. The Hall–Kier alpha value is -0.340. The summed E-state index contributed by atoms with van der Waals surface area (Å²) in [5.74, 6) is 0. The van der Waals surface area contributed by atoms with Crippen molar-refractivity contribution in [2.75, 3.05) is 7.05 Å². The number of hydrogen-bond donors (Lipinski definition) is 1. The lowest BCUT2D eigenvalue weighted by Gasteiger charge is -2.13. The Morgan fingerprint density at radius 2 is 2.15 bits per heavy atom. The first kappa shape index (κ1) is 9.22. The first-order chi connectivity index (χ1) is 6.15. The molecule has 0 aliphatic heterocycles. The molecule has 1 aliphatic rings. The molecule has 1 fully saturated rings. The molecule has 72 valence electrons. The minimum Gasteiger partial charge on any atom is -0.314 e. The van der Waals surface area contributed by atoms with Crippen LogP contribution in [0.4, 0.5) is 0 Å². The topological polar surface area (TPSA) is 12.0 Å². The monoisotopic (exact) mass is 195 g/mol. The molecule has 2 rings (SSSR count). The maximum absolute atomic E-state index is 3.44. The molecule has 1 aromatic heterocycles. The van der Waals surface area contributed by atoms with Crippen molar-refractivity contribution in [2.45, 2.75) is 38.6 Å². The Balaban J connectivity index is 2.13. The second kappa shape index (κ2) is 3.10. The van der Waals surface area contributed by atoms with E-state index in [4.69, 9.17) is 0 Å². The molecule has 0 unspecified atom stereocenters. The Morgan fingerprint density at radius 3 is 2.54 bits per heavy atom. The molecular formula is C11H17NS. The fraction of sp³-hybridized carbons (Fsp3) is 0.636. The summed E-state index contributed by atoms with van der Waals surface area (Å²) in [5.41, 5.74) is 2.01. The summed E-state index contributed by atoms with van der Waals surface area (Å²) in [5, 5.41) is 3.44. The van der Waals surface area contributed by atoms with Gasteiger partial charge in [-0.05, 0) is 51.8 Å². The van der Waals surface area contributed by atoms with Gasteiger partial charge in [0.05, 0.1) is 0 Å². The summed E-state index contributed by atoms with van der Waals surface area (Å²) in [4.78, 5) is 2.94. The summed E-state index contributed by atoms with van der Waals surface area (Å²) in [6, 6.07) is 2.34. The van der Waals surface area contributed by atoms with Gasteiger partial charge in [0.15, 0.2) is 0 Å². The second-order valence-electron chi connectivity index (χ2n) is 4.15. The van der Waals surface area contributed by atoms with Gasteiger partial charge >= 0.3 is 0 Å². The van der Waals surface area contributed by atoms with Gasteiger partial charge in [-0.25, -0.2) is 0 Å². The van der Waals surface area contributed by atoms with Crippen LogP contribution < -0.4 is 5.32 Å². The van der Waals surface area contributed by atoms with Gasteiger partial charge in [-0.2, -0.15) is 0 Å². The van der Waals surface area contributed by atoms with E-state index >= 15 is 0 Å². The van der Waals surface area contributed by atoms with Gasteiger partial charge in [-0.1, -0.05) is 0 Å². The van der Waals surface area contributed by atoms with E-state index < -0.39 is 0 Å². The van der Waals surface area contributed by atoms with Crippen molar-refractivity contribution in [1.29, 1.82) is 0 Å². The highest BCUT2D eigenvalue weighted by molar-refractivity contribution is 7.12. The van der Waals surface area contributed by atoms with Crippen LogP contribution in [-0.4, -0.2) is 12.6 Å². The number of aryl methyl sites for hydroxylation is 2. The van der Waals surface area contributed by atoms with E-state index in [0.29, 0.717) is 5.54 Å². The van der Waals surface area contributed by atoms with E-state index in [1.165, 1.54) is 29.0 Å². The summed E-state index contributed by atoms with van der Waals surface area (Å²) in [6.07, 6.45) is 3.91. The fourth-order valence-corrected chi connectivity index (χ4v) is 2.84. The fourth-order valence-electron chi connectivity index (χ4n) is 1.89. The summed E-state index contributed by atoms with van der Waals surface area (Å²) in [6.45, 7) is 4.43. The molecule has 0 amide bonds. The zero-order valence-electron chi connectivity index (χ0n) is 8.61. The zero-order valence-corrected chi connectivity index (χ0v) is 9.42. The van der Waals surface area contributed by atoms with Crippen LogP contribution in [0.5, 0.6) is 0 Å². The third-order valence-corrected chi connectivity index (χ3v) is 4.06. The standard InChI is InChI=1S/C11H17NS/c1-8-6-10(9(2)13-8)7-11(12-3)4-5-11/h6,12H,4-5,7H2,1-3H3. The lowest BCUT2D eigenvalue weighted by Crippen LogP contribution is -2.29. The van der Waals surface area contributed by atoms with Gasteiger partial charge in [0.25, 0.3) is 0 Å². The second-order valence-corrected chi connectivity index (χ2v) is 5.61. The molecule has 0 saturated heterocycles. The SMILES string of the molecule is CNC1(Cc2cc(C)sc2C)CC1. The van der Waals surface area contributed by atoms with Gasteiger partial charge in [0.1, 0.15) is 0 Å². The largest absolute Gasteiger partial charge is 0.314 e. The summed E-state index contributed by atoms with van der Waals surface area (Å²) in [7, 11) is 2.08. The van der Waals surface area contributed by atoms with Gasteiger partial charge in [0, 0.05) is 15.3 Å².